The van der Waals surface area contributed by atoms with Crippen LogP contribution in [0.15, 0.2) is 60.7 Å². The molecule has 3 aromatic rings. The summed E-state index contributed by atoms with van der Waals surface area (Å²) in [6.07, 6.45) is 4.15. The molecule has 0 aromatic heterocycles. The predicted octanol–water partition coefficient (Wildman–Crippen LogP) is 4.32. The Labute approximate surface area is 192 Å². The van der Waals surface area contributed by atoms with Gasteiger partial charge in [-0.15, -0.1) is 0 Å². The van der Waals surface area contributed by atoms with E-state index in [9.17, 15) is 14.4 Å². The fourth-order valence-corrected chi connectivity index (χ4v) is 4.07. The average molecular weight is 447 g/mol. The molecule has 0 radical (unpaired) electrons. The highest BCUT2D eigenvalue weighted by Crippen LogP contribution is 2.26. The molecule has 33 heavy (non-hydrogen) atoms. The van der Waals surface area contributed by atoms with E-state index in [0.717, 1.165) is 36.5 Å². The number of nitrogens with one attached hydrogen (secondary N) is 2. The zero-order valence-corrected chi connectivity index (χ0v) is 18.4. The molecule has 0 bridgehead atoms. The Morgan fingerprint density at radius 2 is 1.58 bits per heavy atom. The van der Waals surface area contributed by atoms with Crippen LogP contribution >= 0.6 is 0 Å². The van der Waals surface area contributed by atoms with Crippen LogP contribution < -0.4 is 15.4 Å². The highest BCUT2D eigenvalue weighted by molar-refractivity contribution is 6.05. The van der Waals surface area contributed by atoms with Crippen LogP contribution in [0, 0.1) is 0 Å². The summed E-state index contributed by atoms with van der Waals surface area (Å²) in [7, 11) is 1.47. The van der Waals surface area contributed by atoms with Crippen molar-refractivity contribution in [3.63, 3.8) is 0 Å². The second-order valence-corrected chi connectivity index (χ2v) is 8.02. The van der Waals surface area contributed by atoms with Gasteiger partial charge in [-0.1, -0.05) is 49.2 Å². The summed E-state index contributed by atoms with van der Waals surface area (Å²) in [6.45, 7) is -0.493. The first-order valence-electron chi connectivity index (χ1n) is 11.0. The highest BCUT2D eigenvalue weighted by atomic mass is 16.5. The number of methoxy groups -OCH3 is 1. The van der Waals surface area contributed by atoms with Crippen LogP contribution in [0.1, 0.15) is 46.4 Å². The molecule has 1 aliphatic rings. The predicted molar refractivity (Wildman–Crippen MR) is 126 cm³/mol. The van der Waals surface area contributed by atoms with Crippen molar-refractivity contribution in [2.75, 3.05) is 19.0 Å². The van der Waals surface area contributed by atoms with Gasteiger partial charge in [0, 0.05) is 6.04 Å². The van der Waals surface area contributed by atoms with E-state index in [2.05, 4.69) is 10.6 Å². The van der Waals surface area contributed by atoms with Gasteiger partial charge in [0.2, 0.25) is 0 Å². The summed E-state index contributed by atoms with van der Waals surface area (Å²) in [5.74, 6) is -1.06. The maximum atomic E-state index is 12.7. The van der Waals surface area contributed by atoms with Gasteiger partial charge < -0.3 is 20.1 Å². The molecule has 0 heterocycles. The Morgan fingerprint density at radius 3 is 2.30 bits per heavy atom. The third kappa shape index (κ3) is 5.31. The van der Waals surface area contributed by atoms with Gasteiger partial charge in [0.25, 0.3) is 11.8 Å². The topological polar surface area (TPSA) is 93.7 Å². The fourth-order valence-electron chi connectivity index (χ4n) is 4.07. The average Bonchev–Trinajstić information content (AvgIpc) is 3.35. The van der Waals surface area contributed by atoms with Gasteiger partial charge in [-0.05, 0) is 47.9 Å². The normalized spacial score (nSPS) is 13.5. The Bertz CT molecular complexity index is 1180. The van der Waals surface area contributed by atoms with Crippen LogP contribution in [0.25, 0.3) is 10.8 Å². The Kier molecular flexibility index (Phi) is 6.88. The van der Waals surface area contributed by atoms with Crippen LogP contribution in [0.5, 0.6) is 5.75 Å². The number of carbonyl (C=O) groups is 3. The maximum Gasteiger partial charge on any atom is 0.342 e. The van der Waals surface area contributed by atoms with E-state index < -0.39 is 18.5 Å². The number of hydrogen-bond donors (Lipinski definition) is 2. The number of ether oxygens (including phenoxy) is 2. The molecule has 1 aliphatic carbocycles. The van der Waals surface area contributed by atoms with Crippen molar-refractivity contribution in [2.24, 2.45) is 0 Å². The lowest BCUT2D eigenvalue weighted by Crippen LogP contribution is -2.33. The lowest BCUT2D eigenvalue weighted by molar-refractivity contribution is -0.119. The Balaban J connectivity index is 1.40. The van der Waals surface area contributed by atoms with E-state index in [0.29, 0.717) is 17.0 Å². The van der Waals surface area contributed by atoms with Crippen molar-refractivity contribution in [3.05, 3.63) is 71.8 Å². The van der Waals surface area contributed by atoms with Crippen molar-refractivity contribution in [2.45, 2.75) is 31.7 Å². The third-order valence-electron chi connectivity index (χ3n) is 5.76. The first kappa shape index (κ1) is 22.3. The lowest BCUT2D eigenvalue weighted by atomic mass is 10.1. The molecule has 1 saturated carbocycles. The number of amides is 2. The minimum absolute atomic E-state index is 0.166. The van der Waals surface area contributed by atoms with Crippen LogP contribution in [-0.2, 0) is 9.53 Å². The molecule has 0 saturated heterocycles. The summed E-state index contributed by atoms with van der Waals surface area (Å²) >= 11 is 0. The van der Waals surface area contributed by atoms with Gasteiger partial charge in [0.05, 0.1) is 18.4 Å². The van der Waals surface area contributed by atoms with Crippen LogP contribution in [0.2, 0.25) is 0 Å². The quantitative estimate of drug-likeness (QED) is 0.528. The summed E-state index contributed by atoms with van der Waals surface area (Å²) in [4.78, 5) is 37.8. The Morgan fingerprint density at radius 1 is 0.909 bits per heavy atom. The van der Waals surface area contributed by atoms with Gasteiger partial charge in [-0.25, -0.2) is 4.79 Å². The molecule has 1 fully saturated rings. The van der Waals surface area contributed by atoms with E-state index >= 15 is 0 Å². The maximum absolute atomic E-state index is 12.7. The minimum atomic E-state index is -0.667. The van der Waals surface area contributed by atoms with Gasteiger partial charge in [-0.3, -0.25) is 9.59 Å². The zero-order chi connectivity index (χ0) is 23.2. The molecular formula is C26H26N2O5. The van der Waals surface area contributed by atoms with E-state index in [1.807, 2.05) is 24.3 Å². The summed E-state index contributed by atoms with van der Waals surface area (Å²) in [6, 6.07) is 17.9. The van der Waals surface area contributed by atoms with Crippen molar-refractivity contribution in [3.8, 4) is 5.75 Å². The molecule has 0 atom stereocenters. The highest BCUT2D eigenvalue weighted by Gasteiger charge is 2.21. The van der Waals surface area contributed by atoms with Gasteiger partial charge in [-0.2, -0.15) is 0 Å². The third-order valence-corrected chi connectivity index (χ3v) is 5.76. The van der Waals surface area contributed by atoms with Crippen LogP contribution in [0.3, 0.4) is 0 Å². The van der Waals surface area contributed by atoms with Crippen molar-refractivity contribution in [1.29, 1.82) is 0 Å². The molecule has 4 rings (SSSR count). The summed E-state index contributed by atoms with van der Waals surface area (Å²) in [5, 5.41) is 7.48. The summed E-state index contributed by atoms with van der Waals surface area (Å²) < 4.78 is 10.6. The second kappa shape index (κ2) is 10.2. The zero-order valence-electron chi connectivity index (χ0n) is 18.4. The first-order valence-corrected chi connectivity index (χ1v) is 11.0. The molecule has 170 valence electrons. The molecule has 0 aliphatic heterocycles. The number of anilines is 1. The van der Waals surface area contributed by atoms with E-state index in [1.54, 1.807) is 36.4 Å². The molecule has 7 heteroatoms. The smallest absolute Gasteiger partial charge is 0.342 e. The van der Waals surface area contributed by atoms with Gasteiger partial charge in [0.15, 0.2) is 6.61 Å². The number of fused-ring (bicyclic) bond motifs is 1. The van der Waals surface area contributed by atoms with Crippen molar-refractivity contribution < 1.29 is 23.9 Å². The number of para-hydroxylation sites is 1. The number of carbonyl (C=O) groups excluding carboxylic acids is 3. The van der Waals surface area contributed by atoms with E-state index in [4.69, 9.17) is 9.47 Å². The van der Waals surface area contributed by atoms with E-state index in [1.165, 1.54) is 7.11 Å². The lowest BCUT2D eigenvalue weighted by Gasteiger charge is -2.15. The first-order chi connectivity index (χ1) is 16.0. The van der Waals surface area contributed by atoms with Crippen molar-refractivity contribution in [1.82, 2.24) is 5.32 Å². The number of hydrogen-bond acceptors (Lipinski definition) is 5. The molecule has 2 N–H and O–H groups in total. The molecule has 3 aromatic carbocycles. The Hall–Kier alpha value is -3.87. The molecular weight excluding hydrogens is 420 g/mol. The second-order valence-electron chi connectivity index (χ2n) is 8.02. The summed E-state index contributed by atoms with van der Waals surface area (Å²) in [5.41, 5.74) is 0.984. The number of benzene rings is 3. The molecule has 0 unspecified atom stereocenters. The SMILES string of the molecule is COc1cc2ccccc2cc1C(=O)OCC(=O)Nc1ccccc1C(=O)NC1CCCC1. The molecule has 7 nitrogen and oxygen atoms in total. The standard InChI is InChI=1S/C26H26N2O5/c1-32-23-15-18-9-3-2-8-17(18)14-21(23)26(31)33-16-24(29)28-22-13-7-6-12-20(22)25(30)27-19-10-4-5-11-19/h2-3,6-9,12-15,19H,4-5,10-11,16H2,1H3,(H,27,30)(H,28,29). The minimum Gasteiger partial charge on any atom is -0.496 e. The molecule has 0 spiro atoms. The van der Waals surface area contributed by atoms with E-state index in [-0.39, 0.29) is 17.5 Å². The molecule has 2 amide bonds. The largest absolute Gasteiger partial charge is 0.496 e. The monoisotopic (exact) mass is 446 g/mol. The van der Waals surface area contributed by atoms with Crippen molar-refractivity contribution >= 4 is 34.2 Å². The van der Waals surface area contributed by atoms with Crippen LogP contribution in [0.4, 0.5) is 5.69 Å². The number of esters is 1. The fraction of sp³-hybridized carbons (Fsp3) is 0.269. The number of rotatable bonds is 7. The van der Waals surface area contributed by atoms with Gasteiger partial charge >= 0.3 is 5.97 Å². The van der Waals surface area contributed by atoms with Gasteiger partial charge in [0.1, 0.15) is 11.3 Å². The van der Waals surface area contributed by atoms with Crippen LogP contribution in [-0.4, -0.2) is 37.5 Å².